The third-order valence-corrected chi connectivity index (χ3v) is 17.0. The summed E-state index contributed by atoms with van der Waals surface area (Å²) in [7, 11) is -0.225. The van der Waals surface area contributed by atoms with E-state index < -0.39 is 8.07 Å². The van der Waals surface area contributed by atoms with Gasteiger partial charge in [0.15, 0.2) is 0 Å². The molecule has 0 fully saturated rings. The van der Waals surface area contributed by atoms with Crippen LogP contribution in [-0.4, -0.2) is 20.8 Å². The Morgan fingerprint density at radius 2 is 1.04 bits per heavy atom. The average Bonchev–Trinajstić information content (AvgIpc) is 3.58. The third-order valence-electron chi connectivity index (χ3n) is 10.5. The van der Waals surface area contributed by atoms with Crippen LogP contribution in [0.15, 0.2) is 96.1 Å². The highest BCUT2D eigenvalue weighted by Crippen LogP contribution is 2.57. The molecule has 0 aromatic heterocycles. The Balaban J connectivity index is 1.38. The first kappa shape index (κ1) is 32.4. The first-order valence-electron chi connectivity index (χ1n) is 17.0. The quantitative estimate of drug-likeness (QED) is 0.163. The van der Waals surface area contributed by atoms with E-state index in [1.165, 1.54) is 67.7 Å². The van der Waals surface area contributed by atoms with Gasteiger partial charge in [-0.3, -0.25) is 0 Å². The fourth-order valence-corrected chi connectivity index (χ4v) is 14.6. The highest BCUT2D eigenvalue weighted by molar-refractivity contribution is 6.84. The smallest absolute Gasteiger partial charge is 0.0776 e. The molecule has 0 saturated heterocycles. The molecule has 238 valence electrons. The monoisotopic (exact) mass is 626 g/mol. The van der Waals surface area contributed by atoms with Crippen LogP contribution in [0.25, 0.3) is 34.4 Å². The second-order valence-electron chi connectivity index (χ2n) is 14.4. The minimum absolute atomic E-state index is 0.143. The van der Waals surface area contributed by atoms with Gasteiger partial charge in [-0.1, -0.05) is 134 Å². The lowest BCUT2D eigenvalue weighted by Gasteiger charge is -2.44. The molecule has 6 rings (SSSR count). The molecule has 46 heavy (non-hydrogen) atoms. The molecule has 0 bridgehead atoms. The number of fused-ring (bicyclic) bond motifs is 2. The summed E-state index contributed by atoms with van der Waals surface area (Å²) in [6, 6.07) is 34.5. The Morgan fingerprint density at radius 3 is 1.43 bits per heavy atom. The van der Waals surface area contributed by atoms with Crippen molar-refractivity contribution >= 4 is 20.2 Å². The molecule has 0 amide bonds. The van der Waals surface area contributed by atoms with Crippen LogP contribution in [0, 0.1) is 0 Å². The normalized spacial score (nSPS) is 17.5. The summed E-state index contributed by atoms with van der Waals surface area (Å²) in [5.41, 5.74) is 17.5. The van der Waals surface area contributed by atoms with E-state index in [2.05, 4.69) is 146 Å². The van der Waals surface area contributed by atoms with Crippen molar-refractivity contribution < 1.29 is 9.47 Å². The van der Waals surface area contributed by atoms with Crippen LogP contribution in [0.1, 0.15) is 92.9 Å². The van der Waals surface area contributed by atoms with E-state index >= 15 is 0 Å². The van der Waals surface area contributed by atoms with E-state index in [1.54, 1.807) is 18.3 Å². The van der Waals surface area contributed by atoms with Crippen molar-refractivity contribution in [3.8, 4) is 22.3 Å². The number of ether oxygens (including phenoxy) is 2. The van der Waals surface area contributed by atoms with Gasteiger partial charge in [0, 0.05) is 18.2 Å². The highest BCUT2D eigenvalue weighted by Gasteiger charge is 2.51. The summed E-state index contributed by atoms with van der Waals surface area (Å²) in [5, 5.41) is 0. The van der Waals surface area contributed by atoms with E-state index in [0.717, 1.165) is 0 Å². The van der Waals surface area contributed by atoms with Crippen LogP contribution in [0.4, 0.5) is 0 Å². The molecule has 0 spiro atoms. The SMILES string of the molecule is CC[Si](CC)(C1C(C)=Cc2c(-c3ccc(COC)cc3)cccc21)C1C(C)=Cc2c(-c3ccc(COC(C)(C)C)cc3)cccc21. The van der Waals surface area contributed by atoms with E-state index in [-0.39, 0.29) is 5.60 Å². The Hall–Kier alpha value is -3.50. The van der Waals surface area contributed by atoms with E-state index in [1.807, 2.05) is 0 Å². The Kier molecular flexibility index (Phi) is 9.13. The van der Waals surface area contributed by atoms with Crippen LogP contribution in [-0.2, 0) is 22.7 Å². The van der Waals surface area contributed by atoms with Crippen molar-refractivity contribution in [2.24, 2.45) is 0 Å². The minimum Gasteiger partial charge on any atom is -0.380 e. The van der Waals surface area contributed by atoms with Crippen molar-refractivity contribution in [3.63, 3.8) is 0 Å². The number of benzene rings is 4. The number of rotatable bonds is 10. The van der Waals surface area contributed by atoms with Gasteiger partial charge in [0.05, 0.1) is 26.9 Å². The Morgan fingerprint density at radius 1 is 0.609 bits per heavy atom. The lowest BCUT2D eigenvalue weighted by atomic mass is 9.96. The zero-order chi connectivity index (χ0) is 32.6. The van der Waals surface area contributed by atoms with Gasteiger partial charge in [-0.05, 0) is 90.3 Å². The second kappa shape index (κ2) is 12.9. The molecule has 4 aromatic carbocycles. The molecule has 3 heteroatoms. The van der Waals surface area contributed by atoms with Crippen molar-refractivity contribution in [2.45, 2.75) is 90.5 Å². The minimum atomic E-state index is -1.98. The van der Waals surface area contributed by atoms with Gasteiger partial charge >= 0.3 is 0 Å². The summed E-state index contributed by atoms with van der Waals surface area (Å²) >= 11 is 0. The van der Waals surface area contributed by atoms with Crippen LogP contribution in [0.3, 0.4) is 0 Å². The molecule has 0 saturated carbocycles. The summed E-state index contributed by atoms with van der Waals surface area (Å²) in [4.78, 5) is 0. The lowest BCUT2D eigenvalue weighted by molar-refractivity contribution is -0.0149. The number of hydrogen-bond acceptors (Lipinski definition) is 2. The molecule has 0 radical (unpaired) electrons. The number of allylic oxidation sites excluding steroid dienone is 2. The Labute approximate surface area is 278 Å². The zero-order valence-corrected chi connectivity index (χ0v) is 30.0. The first-order chi connectivity index (χ1) is 22.1. The van der Waals surface area contributed by atoms with Crippen LogP contribution in [0.5, 0.6) is 0 Å². The molecule has 2 aliphatic carbocycles. The predicted molar refractivity (Wildman–Crippen MR) is 199 cm³/mol. The molecular formula is C43H50O2Si. The molecule has 2 unspecified atom stereocenters. The predicted octanol–water partition coefficient (Wildman–Crippen LogP) is 11.8. The first-order valence-corrected chi connectivity index (χ1v) is 19.6. The summed E-state index contributed by atoms with van der Waals surface area (Å²) in [6.07, 6.45) is 5.04. The number of methoxy groups -OCH3 is 1. The fraction of sp³-hybridized carbons (Fsp3) is 0.349. The molecule has 0 N–H and O–H groups in total. The molecule has 0 heterocycles. The lowest BCUT2D eigenvalue weighted by Crippen LogP contribution is -2.47. The summed E-state index contributed by atoms with van der Waals surface area (Å²) in [5.74, 6) is 0. The van der Waals surface area contributed by atoms with Crippen LogP contribution < -0.4 is 0 Å². The standard InChI is InChI=1S/C43H50O2Si/c1-9-46(10-2,41-29(3)25-39-35(13-11-15-37(39)41)33-21-17-31(18-22-33)27-44-8)42-30(4)26-40-36(14-12-16-38(40)42)34-23-19-32(20-24-34)28-45-43(5,6)7/h11-26,41-42H,9-10,27-28H2,1-8H3. The third kappa shape index (κ3) is 5.90. The Bertz CT molecular complexity index is 1770. The van der Waals surface area contributed by atoms with Gasteiger partial charge in [0.25, 0.3) is 0 Å². The molecule has 2 aliphatic rings. The topological polar surface area (TPSA) is 18.5 Å². The molecule has 0 aliphatic heterocycles. The zero-order valence-electron chi connectivity index (χ0n) is 29.0. The van der Waals surface area contributed by atoms with Gasteiger partial charge in [-0.15, -0.1) is 0 Å². The largest absolute Gasteiger partial charge is 0.380 e. The molecule has 2 nitrogen and oxygen atoms in total. The van der Waals surface area contributed by atoms with Crippen molar-refractivity contribution in [1.82, 2.24) is 0 Å². The van der Waals surface area contributed by atoms with Gasteiger partial charge in [-0.25, -0.2) is 0 Å². The maximum absolute atomic E-state index is 6.04. The van der Waals surface area contributed by atoms with Gasteiger partial charge in [-0.2, -0.15) is 0 Å². The van der Waals surface area contributed by atoms with E-state index in [4.69, 9.17) is 9.47 Å². The second-order valence-corrected chi connectivity index (χ2v) is 19.5. The number of hydrogen-bond donors (Lipinski definition) is 0. The van der Waals surface area contributed by atoms with Crippen molar-refractivity contribution in [2.75, 3.05) is 7.11 Å². The summed E-state index contributed by atoms with van der Waals surface area (Å²) in [6.45, 7) is 17.4. The van der Waals surface area contributed by atoms with Gasteiger partial charge in [0.1, 0.15) is 0 Å². The van der Waals surface area contributed by atoms with Crippen molar-refractivity contribution in [1.29, 1.82) is 0 Å². The fourth-order valence-electron chi connectivity index (χ4n) is 8.39. The van der Waals surface area contributed by atoms with Crippen LogP contribution in [0.2, 0.25) is 12.1 Å². The maximum Gasteiger partial charge on any atom is 0.0776 e. The van der Waals surface area contributed by atoms with Gasteiger partial charge in [0.2, 0.25) is 0 Å². The van der Waals surface area contributed by atoms with E-state index in [0.29, 0.717) is 24.3 Å². The van der Waals surface area contributed by atoms with Crippen LogP contribution >= 0.6 is 0 Å². The van der Waals surface area contributed by atoms with E-state index in [9.17, 15) is 0 Å². The molecular weight excluding hydrogens is 577 g/mol. The van der Waals surface area contributed by atoms with Gasteiger partial charge < -0.3 is 9.47 Å². The molecule has 2 atom stereocenters. The maximum atomic E-state index is 6.04. The average molecular weight is 627 g/mol. The summed E-state index contributed by atoms with van der Waals surface area (Å²) < 4.78 is 11.4. The van der Waals surface area contributed by atoms with Crippen molar-refractivity contribution in [3.05, 3.63) is 129 Å². The molecule has 4 aromatic rings. The highest BCUT2D eigenvalue weighted by atomic mass is 28.3.